The minimum atomic E-state index is -0.479. The number of rotatable bonds is 8. The zero-order valence-electron chi connectivity index (χ0n) is 15.3. The van der Waals surface area contributed by atoms with Crippen LogP contribution in [0.2, 0.25) is 5.02 Å². The summed E-state index contributed by atoms with van der Waals surface area (Å²) in [5, 5.41) is 6.45. The summed E-state index contributed by atoms with van der Waals surface area (Å²) >= 11 is 6.10. The largest absolute Gasteiger partial charge is 0.497 e. The first-order valence-corrected chi connectivity index (χ1v) is 8.45. The molecule has 0 saturated heterocycles. The second-order valence-electron chi connectivity index (χ2n) is 5.62. The summed E-state index contributed by atoms with van der Waals surface area (Å²) < 4.78 is 15.6. The molecule has 7 heteroatoms. The van der Waals surface area contributed by atoms with Crippen molar-refractivity contribution in [2.45, 2.75) is 19.5 Å². The SMILES string of the molecule is COc1ccc(CNC(=O)[C@@H](C)Nc2cc(OC)c(Cl)cc2OC)cc1. The highest BCUT2D eigenvalue weighted by atomic mass is 35.5. The lowest BCUT2D eigenvalue weighted by atomic mass is 10.2. The number of hydrogen-bond acceptors (Lipinski definition) is 5. The van der Waals surface area contributed by atoms with Crippen LogP contribution < -0.4 is 24.8 Å². The van der Waals surface area contributed by atoms with Gasteiger partial charge in [0.25, 0.3) is 0 Å². The lowest BCUT2D eigenvalue weighted by Crippen LogP contribution is -2.37. The van der Waals surface area contributed by atoms with Crippen LogP contribution in [0.15, 0.2) is 36.4 Å². The first-order chi connectivity index (χ1) is 12.5. The second kappa shape index (κ2) is 9.20. The standard InChI is InChI=1S/C19H23ClN2O4/c1-12(19(23)21-11-13-5-7-14(24-2)8-6-13)22-16-10-17(25-3)15(20)9-18(16)26-4/h5-10,12,22H,11H2,1-4H3,(H,21,23)/t12-/m1/s1. The topological polar surface area (TPSA) is 68.8 Å². The second-order valence-corrected chi connectivity index (χ2v) is 6.03. The highest BCUT2D eigenvalue weighted by Crippen LogP contribution is 2.36. The fourth-order valence-electron chi connectivity index (χ4n) is 2.36. The third-order valence-electron chi connectivity index (χ3n) is 3.87. The van der Waals surface area contributed by atoms with Crippen LogP contribution >= 0.6 is 11.6 Å². The van der Waals surface area contributed by atoms with E-state index >= 15 is 0 Å². The molecule has 0 fully saturated rings. The summed E-state index contributed by atoms with van der Waals surface area (Å²) in [5.41, 5.74) is 1.61. The molecule has 0 aliphatic heterocycles. The minimum absolute atomic E-state index is 0.142. The summed E-state index contributed by atoms with van der Waals surface area (Å²) in [4.78, 5) is 12.4. The molecule has 2 aromatic rings. The maximum Gasteiger partial charge on any atom is 0.242 e. The Kier molecular flexibility index (Phi) is 6.97. The zero-order valence-corrected chi connectivity index (χ0v) is 16.0. The molecular weight excluding hydrogens is 356 g/mol. The van der Waals surface area contributed by atoms with E-state index in [1.54, 1.807) is 26.2 Å². The molecular formula is C19H23ClN2O4. The summed E-state index contributed by atoms with van der Waals surface area (Å²) in [6.45, 7) is 2.19. The summed E-state index contributed by atoms with van der Waals surface area (Å²) in [5.74, 6) is 1.67. The predicted molar refractivity (Wildman–Crippen MR) is 102 cm³/mol. The van der Waals surface area contributed by atoms with E-state index in [4.69, 9.17) is 25.8 Å². The summed E-state index contributed by atoms with van der Waals surface area (Å²) in [6.07, 6.45) is 0. The third-order valence-corrected chi connectivity index (χ3v) is 4.16. The highest BCUT2D eigenvalue weighted by molar-refractivity contribution is 6.32. The van der Waals surface area contributed by atoms with Gasteiger partial charge in [0.2, 0.25) is 5.91 Å². The Morgan fingerprint density at radius 2 is 1.69 bits per heavy atom. The Balaban J connectivity index is 1.99. The number of nitrogens with one attached hydrogen (secondary N) is 2. The van der Waals surface area contributed by atoms with E-state index in [0.29, 0.717) is 28.8 Å². The molecule has 6 nitrogen and oxygen atoms in total. The number of benzene rings is 2. The van der Waals surface area contributed by atoms with Gasteiger partial charge in [-0.2, -0.15) is 0 Å². The number of anilines is 1. The van der Waals surface area contributed by atoms with E-state index in [1.807, 2.05) is 24.3 Å². The Hall–Kier alpha value is -2.60. The first kappa shape index (κ1) is 19.7. The van der Waals surface area contributed by atoms with Crippen LogP contribution in [-0.4, -0.2) is 33.3 Å². The van der Waals surface area contributed by atoms with Gasteiger partial charge in [-0.05, 0) is 24.6 Å². The maximum absolute atomic E-state index is 12.4. The van der Waals surface area contributed by atoms with Crippen LogP contribution in [0.3, 0.4) is 0 Å². The van der Waals surface area contributed by atoms with Crippen LogP contribution in [0, 0.1) is 0 Å². The first-order valence-electron chi connectivity index (χ1n) is 8.07. The zero-order chi connectivity index (χ0) is 19.1. The smallest absolute Gasteiger partial charge is 0.242 e. The van der Waals surface area contributed by atoms with Crippen molar-refractivity contribution in [2.24, 2.45) is 0 Å². The van der Waals surface area contributed by atoms with Gasteiger partial charge in [0.1, 0.15) is 23.3 Å². The van der Waals surface area contributed by atoms with E-state index < -0.39 is 6.04 Å². The molecule has 26 heavy (non-hydrogen) atoms. The molecule has 2 N–H and O–H groups in total. The molecule has 0 bridgehead atoms. The number of carbonyl (C=O) groups excluding carboxylic acids is 1. The fraction of sp³-hybridized carbons (Fsp3) is 0.316. The van der Waals surface area contributed by atoms with E-state index in [9.17, 15) is 4.79 Å². The molecule has 0 radical (unpaired) electrons. The molecule has 0 heterocycles. The molecule has 0 aliphatic rings. The number of methoxy groups -OCH3 is 3. The van der Waals surface area contributed by atoms with Gasteiger partial charge >= 0.3 is 0 Å². The van der Waals surface area contributed by atoms with Gasteiger partial charge in [-0.3, -0.25) is 4.79 Å². The molecule has 0 spiro atoms. The molecule has 0 aliphatic carbocycles. The van der Waals surface area contributed by atoms with E-state index in [0.717, 1.165) is 11.3 Å². The van der Waals surface area contributed by atoms with Crippen molar-refractivity contribution in [3.63, 3.8) is 0 Å². The predicted octanol–water partition coefficient (Wildman–Crippen LogP) is 3.48. The molecule has 1 amide bonds. The van der Waals surface area contributed by atoms with Crippen molar-refractivity contribution in [1.82, 2.24) is 5.32 Å². The average Bonchev–Trinajstić information content (AvgIpc) is 2.67. The monoisotopic (exact) mass is 378 g/mol. The lowest BCUT2D eigenvalue weighted by molar-refractivity contribution is -0.121. The van der Waals surface area contributed by atoms with Gasteiger partial charge in [-0.1, -0.05) is 23.7 Å². The van der Waals surface area contributed by atoms with Crippen molar-refractivity contribution in [3.8, 4) is 17.2 Å². The van der Waals surface area contributed by atoms with Gasteiger partial charge in [0.05, 0.1) is 32.0 Å². The number of amides is 1. The Bertz CT molecular complexity index is 750. The van der Waals surface area contributed by atoms with Crippen molar-refractivity contribution in [1.29, 1.82) is 0 Å². The number of halogens is 1. The minimum Gasteiger partial charge on any atom is -0.497 e. The molecule has 0 unspecified atom stereocenters. The van der Waals surface area contributed by atoms with Crippen LogP contribution in [0.1, 0.15) is 12.5 Å². The molecule has 0 aromatic heterocycles. The van der Waals surface area contributed by atoms with Gasteiger partial charge in [0.15, 0.2) is 0 Å². The van der Waals surface area contributed by atoms with Crippen LogP contribution in [-0.2, 0) is 11.3 Å². The van der Waals surface area contributed by atoms with Crippen LogP contribution in [0.5, 0.6) is 17.2 Å². The van der Waals surface area contributed by atoms with Crippen LogP contribution in [0.25, 0.3) is 0 Å². The maximum atomic E-state index is 12.4. The Morgan fingerprint density at radius 1 is 1.04 bits per heavy atom. The highest BCUT2D eigenvalue weighted by Gasteiger charge is 2.16. The van der Waals surface area contributed by atoms with Crippen molar-refractivity contribution >= 4 is 23.2 Å². The van der Waals surface area contributed by atoms with Crippen molar-refractivity contribution in [3.05, 3.63) is 47.0 Å². The van der Waals surface area contributed by atoms with Gasteiger partial charge < -0.3 is 24.8 Å². The molecule has 2 rings (SSSR count). The molecule has 1 atom stereocenters. The molecule has 0 saturated carbocycles. The Labute approximate surface area is 158 Å². The normalized spacial score (nSPS) is 11.4. The fourth-order valence-corrected chi connectivity index (χ4v) is 2.59. The Morgan fingerprint density at radius 3 is 2.27 bits per heavy atom. The summed E-state index contributed by atoms with van der Waals surface area (Å²) in [7, 11) is 4.68. The third kappa shape index (κ3) is 4.95. The average molecular weight is 379 g/mol. The van der Waals surface area contributed by atoms with Gasteiger partial charge in [-0.15, -0.1) is 0 Å². The number of ether oxygens (including phenoxy) is 3. The van der Waals surface area contributed by atoms with E-state index in [2.05, 4.69) is 10.6 Å². The summed E-state index contributed by atoms with van der Waals surface area (Å²) in [6, 6.07) is 10.4. The quantitative estimate of drug-likeness (QED) is 0.736. The van der Waals surface area contributed by atoms with E-state index in [-0.39, 0.29) is 5.91 Å². The lowest BCUT2D eigenvalue weighted by Gasteiger charge is -2.18. The molecule has 140 valence electrons. The number of carbonyl (C=O) groups is 1. The number of hydrogen-bond donors (Lipinski definition) is 2. The van der Waals surface area contributed by atoms with Crippen molar-refractivity contribution < 1.29 is 19.0 Å². The van der Waals surface area contributed by atoms with E-state index in [1.165, 1.54) is 14.2 Å². The van der Waals surface area contributed by atoms with Gasteiger partial charge in [0, 0.05) is 18.7 Å². The van der Waals surface area contributed by atoms with Gasteiger partial charge in [-0.25, -0.2) is 0 Å². The van der Waals surface area contributed by atoms with Crippen LogP contribution in [0.4, 0.5) is 5.69 Å². The molecule has 2 aromatic carbocycles. The van der Waals surface area contributed by atoms with Crippen molar-refractivity contribution in [2.75, 3.05) is 26.6 Å².